The minimum absolute atomic E-state index is 0.860. The molecular weight excluding hydrogens is 180 g/mol. The van der Waals surface area contributed by atoms with Gasteiger partial charge in [-0.1, -0.05) is 43.3 Å². The number of rotatable bonds is 0. The lowest BCUT2D eigenvalue weighted by molar-refractivity contribution is 0.503. The highest BCUT2D eigenvalue weighted by atomic mass is 14.2. The van der Waals surface area contributed by atoms with Crippen molar-refractivity contribution >= 4 is 10.8 Å². The van der Waals surface area contributed by atoms with E-state index in [2.05, 4.69) is 43.3 Å². The Hall–Kier alpha value is -1.30. The SMILES string of the molecule is C[C@H]1CCc2c(ccc3ccccc23)C1. The minimum Gasteiger partial charge on any atom is -0.0622 e. The molecule has 0 radical (unpaired) electrons. The Balaban J connectivity index is 2.25. The molecule has 2 aromatic rings. The molecule has 0 aromatic heterocycles. The first-order valence-electron chi connectivity index (χ1n) is 5.84. The van der Waals surface area contributed by atoms with Crippen LogP contribution in [0.5, 0.6) is 0 Å². The molecule has 3 rings (SSSR count). The van der Waals surface area contributed by atoms with E-state index in [0.717, 1.165) is 5.92 Å². The molecule has 0 unspecified atom stereocenters. The Morgan fingerprint density at radius 1 is 1.07 bits per heavy atom. The summed E-state index contributed by atoms with van der Waals surface area (Å²) in [6, 6.07) is 13.4. The molecule has 15 heavy (non-hydrogen) atoms. The molecule has 1 aliphatic rings. The van der Waals surface area contributed by atoms with Crippen molar-refractivity contribution in [3.8, 4) is 0 Å². The summed E-state index contributed by atoms with van der Waals surface area (Å²) in [5.41, 5.74) is 3.18. The third kappa shape index (κ3) is 1.45. The van der Waals surface area contributed by atoms with Crippen LogP contribution in [0.25, 0.3) is 10.8 Å². The van der Waals surface area contributed by atoms with Gasteiger partial charge in [0.25, 0.3) is 0 Å². The van der Waals surface area contributed by atoms with Crippen LogP contribution in [0.3, 0.4) is 0 Å². The lowest BCUT2D eigenvalue weighted by Gasteiger charge is -2.22. The average molecular weight is 196 g/mol. The molecular formula is C15H16. The standard InChI is InChI=1S/C15H16/c1-11-6-9-15-13(10-11)8-7-12-4-2-3-5-14(12)15/h2-5,7-8,11H,6,9-10H2,1H3/t11-/m0/s1. The van der Waals surface area contributed by atoms with Crippen LogP contribution in [0.4, 0.5) is 0 Å². The van der Waals surface area contributed by atoms with Crippen LogP contribution >= 0.6 is 0 Å². The van der Waals surface area contributed by atoms with Crippen molar-refractivity contribution in [2.75, 3.05) is 0 Å². The number of hydrogen-bond acceptors (Lipinski definition) is 0. The van der Waals surface area contributed by atoms with E-state index in [1.165, 1.54) is 30.0 Å². The van der Waals surface area contributed by atoms with E-state index >= 15 is 0 Å². The molecule has 1 aliphatic carbocycles. The molecule has 0 heterocycles. The minimum atomic E-state index is 0.860. The van der Waals surface area contributed by atoms with Gasteiger partial charge in [0.15, 0.2) is 0 Å². The van der Waals surface area contributed by atoms with Gasteiger partial charge in [0.05, 0.1) is 0 Å². The summed E-state index contributed by atoms with van der Waals surface area (Å²) in [5, 5.41) is 2.87. The number of hydrogen-bond donors (Lipinski definition) is 0. The van der Waals surface area contributed by atoms with Gasteiger partial charge in [0.1, 0.15) is 0 Å². The molecule has 0 fully saturated rings. The molecule has 0 heteroatoms. The third-order valence-electron chi connectivity index (χ3n) is 3.59. The van der Waals surface area contributed by atoms with Crippen LogP contribution < -0.4 is 0 Å². The van der Waals surface area contributed by atoms with E-state index in [9.17, 15) is 0 Å². The lowest BCUT2D eigenvalue weighted by Crippen LogP contribution is -2.11. The predicted octanol–water partition coefficient (Wildman–Crippen LogP) is 3.96. The van der Waals surface area contributed by atoms with Crippen molar-refractivity contribution in [1.82, 2.24) is 0 Å². The van der Waals surface area contributed by atoms with Crippen LogP contribution in [0.1, 0.15) is 24.5 Å². The van der Waals surface area contributed by atoms with Crippen molar-refractivity contribution < 1.29 is 0 Å². The predicted molar refractivity (Wildman–Crippen MR) is 65.1 cm³/mol. The zero-order chi connectivity index (χ0) is 10.3. The van der Waals surface area contributed by atoms with Gasteiger partial charge in [-0.05, 0) is 47.1 Å². The summed E-state index contributed by atoms with van der Waals surface area (Å²) in [6.07, 6.45) is 3.87. The second kappa shape index (κ2) is 3.37. The van der Waals surface area contributed by atoms with E-state index in [1.54, 1.807) is 11.1 Å². The zero-order valence-electron chi connectivity index (χ0n) is 9.16. The lowest BCUT2D eigenvalue weighted by atomic mass is 9.82. The highest BCUT2D eigenvalue weighted by Crippen LogP contribution is 2.31. The van der Waals surface area contributed by atoms with Gasteiger partial charge in [0, 0.05) is 0 Å². The van der Waals surface area contributed by atoms with Crippen molar-refractivity contribution in [2.45, 2.75) is 26.2 Å². The van der Waals surface area contributed by atoms with Crippen molar-refractivity contribution in [3.63, 3.8) is 0 Å². The monoisotopic (exact) mass is 196 g/mol. The molecule has 0 saturated heterocycles. The Labute approximate surface area is 90.9 Å². The summed E-state index contributed by atoms with van der Waals surface area (Å²) in [7, 11) is 0. The first-order chi connectivity index (χ1) is 7.34. The molecule has 0 aliphatic heterocycles. The maximum Gasteiger partial charge on any atom is -0.0149 e. The van der Waals surface area contributed by atoms with Crippen LogP contribution in [0.15, 0.2) is 36.4 Å². The summed E-state index contributed by atoms with van der Waals surface area (Å²) in [6.45, 7) is 2.36. The second-order valence-electron chi connectivity index (χ2n) is 4.77. The van der Waals surface area contributed by atoms with Crippen LogP contribution in [-0.4, -0.2) is 0 Å². The first kappa shape index (κ1) is 8.96. The Morgan fingerprint density at radius 2 is 1.93 bits per heavy atom. The van der Waals surface area contributed by atoms with Crippen molar-refractivity contribution in [1.29, 1.82) is 0 Å². The van der Waals surface area contributed by atoms with Gasteiger partial charge in [-0.25, -0.2) is 0 Å². The van der Waals surface area contributed by atoms with E-state index in [-0.39, 0.29) is 0 Å². The molecule has 0 nitrogen and oxygen atoms in total. The van der Waals surface area contributed by atoms with Gasteiger partial charge in [-0.3, -0.25) is 0 Å². The fourth-order valence-electron chi connectivity index (χ4n) is 2.74. The van der Waals surface area contributed by atoms with Crippen molar-refractivity contribution in [3.05, 3.63) is 47.5 Å². The fourth-order valence-corrected chi connectivity index (χ4v) is 2.74. The molecule has 0 amide bonds. The van der Waals surface area contributed by atoms with E-state index < -0.39 is 0 Å². The number of fused-ring (bicyclic) bond motifs is 3. The van der Waals surface area contributed by atoms with Crippen molar-refractivity contribution in [2.24, 2.45) is 5.92 Å². The smallest absolute Gasteiger partial charge is 0.0149 e. The van der Waals surface area contributed by atoms with E-state index in [4.69, 9.17) is 0 Å². The summed E-state index contributed by atoms with van der Waals surface area (Å²) >= 11 is 0. The van der Waals surface area contributed by atoms with Crippen LogP contribution in [0, 0.1) is 5.92 Å². The molecule has 0 spiro atoms. The highest BCUT2D eigenvalue weighted by molar-refractivity contribution is 5.87. The molecule has 0 bridgehead atoms. The van der Waals surface area contributed by atoms with Gasteiger partial charge in [-0.2, -0.15) is 0 Å². The molecule has 0 N–H and O–H groups in total. The molecule has 2 aromatic carbocycles. The fraction of sp³-hybridized carbons (Fsp3) is 0.333. The van der Waals surface area contributed by atoms with E-state index in [0.29, 0.717) is 0 Å². The van der Waals surface area contributed by atoms with Gasteiger partial charge >= 0.3 is 0 Å². The molecule has 0 saturated carbocycles. The van der Waals surface area contributed by atoms with Crippen LogP contribution in [0.2, 0.25) is 0 Å². The summed E-state index contributed by atoms with van der Waals surface area (Å²) < 4.78 is 0. The van der Waals surface area contributed by atoms with Gasteiger partial charge in [-0.15, -0.1) is 0 Å². The number of aryl methyl sites for hydroxylation is 1. The second-order valence-corrected chi connectivity index (χ2v) is 4.77. The van der Waals surface area contributed by atoms with Crippen LogP contribution in [-0.2, 0) is 12.8 Å². The third-order valence-corrected chi connectivity index (χ3v) is 3.59. The maximum absolute atomic E-state index is 2.36. The Bertz CT molecular complexity index is 496. The summed E-state index contributed by atoms with van der Waals surface area (Å²) in [5.74, 6) is 0.860. The average Bonchev–Trinajstić information content (AvgIpc) is 2.28. The number of benzene rings is 2. The van der Waals surface area contributed by atoms with Gasteiger partial charge < -0.3 is 0 Å². The molecule has 1 atom stereocenters. The first-order valence-corrected chi connectivity index (χ1v) is 5.84. The van der Waals surface area contributed by atoms with Gasteiger partial charge in [0.2, 0.25) is 0 Å². The quantitative estimate of drug-likeness (QED) is 0.598. The summed E-state index contributed by atoms with van der Waals surface area (Å²) in [4.78, 5) is 0. The largest absolute Gasteiger partial charge is 0.0622 e. The molecule has 76 valence electrons. The maximum atomic E-state index is 2.36. The normalized spacial score (nSPS) is 20.2. The topological polar surface area (TPSA) is 0 Å². The van der Waals surface area contributed by atoms with E-state index in [1.807, 2.05) is 0 Å². The Morgan fingerprint density at radius 3 is 2.87 bits per heavy atom. The zero-order valence-corrected chi connectivity index (χ0v) is 9.16. The highest BCUT2D eigenvalue weighted by Gasteiger charge is 2.16. The Kier molecular flexibility index (Phi) is 2.02.